The lowest BCUT2D eigenvalue weighted by Gasteiger charge is -1.98. The summed E-state index contributed by atoms with van der Waals surface area (Å²) in [6.45, 7) is 0. The van der Waals surface area contributed by atoms with Gasteiger partial charge in [-0.25, -0.2) is 4.52 Å². The molecule has 0 aliphatic heterocycles. The minimum Gasteiger partial charge on any atom is -0.294 e. The maximum atomic E-state index is 12.2. The molecule has 0 aromatic carbocycles. The third-order valence-electron chi connectivity index (χ3n) is 2.91. The molecule has 0 fully saturated rings. The van der Waals surface area contributed by atoms with Crippen LogP contribution in [-0.4, -0.2) is 15.4 Å². The van der Waals surface area contributed by atoms with E-state index in [1.165, 1.54) is 4.88 Å². The van der Waals surface area contributed by atoms with Gasteiger partial charge in [0, 0.05) is 17.5 Å². The van der Waals surface area contributed by atoms with Crippen LogP contribution in [0.2, 0.25) is 0 Å². The van der Waals surface area contributed by atoms with Gasteiger partial charge >= 0.3 is 0 Å². The Kier molecular flexibility index (Phi) is 2.94. The SMILES string of the molecule is O=C(CCc1cccs1)c1cnn2ccccc12. The minimum absolute atomic E-state index is 0.157. The van der Waals surface area contributed by atoms with Gasteiger partial charge in [0.1, 0.15) is 0 Å². The number of Topliss-reactive ketones (excluding diaryl/α,β-unsaturated/α-hetero) is 1. The van der Waals surface area contributed by atoms with E-state index in [-0.39, 0.29) is 5.78 Å². The molecule has 3 nitrogen and oxygen atoms in total. The van der Waals surface area contributed by atoms with Crippen molar-refractivity contribution in [2.24, 2.45) is 0 Å². The predicted molar refractivity (Wildman–Crippen MR) is 72.2 cm³/mol. The van der Waals surface area contributed by atoms with Crippen LogP contribution in [0.15, 0.2) is 48.1 Å². The van der Waals surface area contributed by atoms with Crippen molar-refractivity contribution in [2.45, 2.75) is 12.8 Å². The first-order chi connectivity index (χ1) is 8.84. The van der Waals surface area contributed by atoms with Crippen LogP contribution in [0.3, 0.4) is 0 Å². The molecule has 0 atom stereocenters. The number of hydrogen-bond donors (Lipinski definition) is 0. The molecule has 0 N–H and O–H groups in total. The fraction of sp³-hybridized carbons (Fsp3) is 0.143. The maximum Gasteiger partial charge on any atom is 0.167 e. The van der Waals surface area contributed by atoms with Crippen molar-refractivity contribution in [1.29, 1.82) is 0 Å². The molecule has 4 heteroatoms. The Morgan fingerprint density at radius 3 is 3.06 bits per heavy atom. The molecule has 3 heterocycles. The van der Waals surface area contributed by atoms with Crippen LogP contribution in [0.5, 0.6) is 0 Å². The van der Waals surface area contributed by atoms with E-state index in [1.54, 1.807) is 22.0 Å². The second kappa shape index (κ2) is 4.74. The summed E-state index contributed by atoms with van der Waals surface area (Å²) in [5.41, 5.74) is 1.60. The van der Waals surface area contributed by atoms with E-state index in [4.69, 9.17) is 0 Å². The molecular weight excluding hydrogens is 244 g/mol. The standard InChI is InChI=1S/C14H12N2OS/c17-14(7-6-11-4-3-9-18-11)12-10-15-16-8-2-1-5-13(12)16/h1-5,8-10H,6-7H2. The van der Waals surface area contributed by atoms with E-state index in [1.807, 2.05) is 35.8 Å². The number of rotatable bonds is 4. The van der Waals surface area contributed by atoms with Crippen LogP contribution in [0, 0.1) is 0 Å². The molecule has 3 aromatic rings. The minimum atomic E-state index is 0.157. The van der Waals surface area contributed by atoms with E-state index >= 15 is 0 Å². The Morgan fingerprint density at radius 2 is 2.22 bits per heavy atom. The Balaban J connectivity index is 1.80. The number of aryl methyl sites for hydroxylation is 1. The molecule has 0 amide bonds. The lowest BCUT2D eigenvalue weighted by molar-refractivity contribution is 0.0984. The summed E-state index contributed by atoms with van der Waals surface area (Å²) in [4.78, 5) is 13.4. The Labute approximate surface area is 109 Å². The number of aromatic nitrogens is 2. The third-order valence-corrected chi connectivity index (χ3v) is 3.84. The number of fused-ring (bicyclic) bond motifs is 1. The third kappa shape index (κ3) is 2.07. The molecule has 0 saturated heterocycles. The summed E-state index contributed by atoms with van der Waals surface area (Å²) in [6, 6.07) is 9.83. The zero-order chi connectivity index (χ0) is 12.4. The van der Waals surface area contributed by atoms with Crippen molar-refractivity contribution in [3.8, 4) is 0 Å². The zero-order valence-corrected chi connectivity index (χ0v) is 10.6. The molecule has 18 heavy (non-hydrogen) atoms. The van der Waals surface area contributed by atoms with Gasteiger partial charge in [-0.05, 0) is 30.0 Å². The van der Waals surface area contributed by atoms with Crippen molar-refractivity contribution in [3.05, 3.63) is 58.5 Å². The molecule has 0 unspecified atom stereocenters. The normalized spacial score (nSPS) is 10.9. The largest absolute Gasteiger partial charge is 0.294 e. The molecule has 0 radical (unpaired) electrons. The molecular formula is C14H12N2OS. The monoisotopic (exact) mass is 256 g/mol. The highest BCUT2D eigenvalue weighted by Gasteiger charge is 2.12. The first-order valence-electron chi connectivity index (χ1n) is 5.82. The molecule has 0 saturated carbocycles. The zero-order valence-electron chi connectivity index (χ0n) is 9.74. The predicted octanol–water partition coefficient (Wildman–Crippen LogP) is 3.21. The fourth-order valence-electron chi connectivity index (χ4n) is 1.98. The van der Waals surface area contributed by atoms with Crippen molar-refractivity contribution in [3.63, 3.8) is 0 Å². The fourth-order valence-corrected chi connectivity index (χ4v) is 2.68. The van der Waals surface area contributed by atoms with Crippen LogP contribution in [0.25, 0.3) is 5.52 Å². The van der Waals surface area contributed by atoms with Gasteiger partial charge in [-0.2, -0.15) is 5.10 Å². The van der Waals surface area contributed by atoms with Crippen molar-refractivity contribution >= 4 is 22.6 Å². The number of carbonyl (C=O) groups excluding carboxylic acids is 1. The second-order valence-electron chi connectivity index (χ2n) is 4.09. The average molecular weight is 256 g/mol. The number of pyridine rings is 1. The molecule has 3 aromatic heterocycles. The highest BCUT2D eigenvalue weighted by molar-refractivity contribution is 7.09. The van der Waals surface area contributed by atoms with Gasteiger partial charge in [-0.15, -0.1) is 11.3 Å². The summed E-state index contributed by atoms with van der Waals surface area (Å²) in [5, 5.41) is 6.22. The van der Waals surface area contributed by atoms with Gasteiger partial charge in [0.05, 0.1) is 17.3 Å². The first-order valence-corrected chi connectivity index (χ1v) is 6.70. The summed E-state index contributed by atoms with van der Waals surface area (Å²) in [5.74, 6) is 0.157. The number of nitrogens with zero attached hydrogens (tertiary/aromatic N) is 2. The summed E-state index contributed by atoms with van der Waals surface area (Å²) < 4.78 is 1.73. The summed E-state index contributed by atoms with van der Waals surface area (Å²) >= 11 is 1.69. The van der Waals surface area contributed by atoms with E-state index in [0.29, 0.717) is 12.0 Å². The molecule has 0 bridgehead atoms. The Hall–Kier alpha value is -1.94. The highest BCUT2D eigenvalue weighted by atomic mass is 32.1. The van der Waals surface area contributed by atoms with Crippen molar-refractivity contribution < 1.29 is 4.79 Å². The highest BCUT2D eigenvalue weighted by Crippen LogP contribution is 2.16. The first kappa shape index (κ1) is 11.2. The summed E-state index contributed by atoms with van der Waals surface area (Å²) in [6.07, 6.45) is 4.86. The quantitative estimate of drug-likeness (QED) is 0.672. The Bertz CT molecular complexity index is 670. The van der Waals surface area contributed by atoms with Crippen LogP contribution >= 0.6 is 11.3 Å². The van der Waals surface area contributed by atoms with E-state index < -0.39 is 0 Å². The van der Waals surface area contributed by atoms with E-state index in [2.05, 4.69) is 11.2 Å². The van der Waals surface area contributed by atoms with Crippen LogP contribution in [0.1, 0.15) is 21.7 Å². The lowest BCUT2D eigenvalue weighted by atomic mass is 10.1. The Morgan fingerprint density at radius 1 is 1.28 bits per heavy atom. The van der Waals surface area contributed by atoms with E-state index in [0.717, 1.165) is 11.9 Å². The van der Waals surface area contributed by atoms with Crippen molar-refractivity contribution in [2.75, 3.05) is 0 Å². The topological polar surface area (TPSA) is 34.4 Å². The van der Waals surface area contributed by atoms with Gasteiger partial charge in [0.25, 0.3) is 0 Å². The molecule has 0 spiro atoms. The maximum absolute atomic E-state index is 12.2. The molecule has 3 rings (SSSR count). The van der Waals surface area contributed by atoms with Crippen LogP contribution in [-0.2, 0) is 6.42 Å². The average Bonchev–Trinajstić information content (AvgIpc) is 3.05. The van der Waals surface area contributed by atoms with Crippen molar-refractivity contribution in [1.82, 2.24) is 9.61 Å². The van der Waals surface area contributed by atoms with E-state index in [9.17, 15) is 4.79 Å². The molecule has 0 aliphatic rings. The summed E-state index contributed by atoms with van der Waals surface area (Å²) in [7, 11) is 0. The van der Waals surface area contributed by atoms with Gasteiger partial charge in [-0.1, -0.05) is 12.1 Å². The number of hydrogen-bond acceptors (Lipinski definition) is 3. The van der Waals surface area contributed by atoms with Gasteiger partial charge in [0.15, 0.2) is 5.78 Å². The number of carbonyl (C=O) groups is 1. The molecule has 90 valence electrons. The second-order valence-corrected chi connectivity index (χ2v) is 5.12. The number of ketones is 1. The van der Waals surface area contributed by atoms with Gasteiger partial charge < -0.3 is 0 Å². The number of thiophene rings is 1. The van der Waals surface area contributed by atoms with Gasteiger partial charge in [-0.3, -0.25) is 4.79 Å². The smallest absolute Gasteiger partial charge is 0.167 e. The lowest BCUT2D eigenvalue weighted by Crippen LogP contribution is -2.00. The van der Waals surface area contributed by atoms with Crippen LogP contribution in [0.4, 0.5) is 0 Å². The van der Waals surface area contributed by atoms with Crippen LogP contribution < -0.4 is 0 Å². The van der Waals surface area contributed by atoms with Gasteiger partial charge in [0.2, 0.25) is 0 Å². The molecule has 0 aliphatic carbocycles.